The minimum absolute atomic E-state index is 0.246. The number of carbonyl (C=O) groups is 2. The number of hydrogen-bond acceptors (Lipinski definition) is 6. The molecule has 0 spiro atoms. The largest absolute Gasteiger partial charge is 0.457 e. The van der Waals surface area contributed by atoms with Gasteiger partial charge in [-0.2, -0.15) is 0 Å². The average molecular weight is 482 g/mol. The minimum atomic E-state index is -1.24. The van der Waals surface area contributed by atoms with Crippen LogP contribution in [0.2, 0.25) is 0 Å². The van der Waals surface area contributed by atoms with Crippen LogP contribution in [0.15, 0.2) is 66.7 Å². The van der Waals surface area contributed by atoms with E-state index < -0.39 is 29.7 Å². The van der Waals surface area contributed by atoms with Gasteiger partial charge in [0.15, 0.2) is 0 Å². The summed E-state index contributed by atoms with van der Waals surface area (Å²) in [7, 11) is 0. The van der Waals surface area contributed by atoms with Crippen molar-refractivity contribution in [1.29, 1.82) is 0 Å². The molecule has 2 amide bonds. The highest BCUT2D eigenvalue weighted by Crippen LogP contribution is 2.26. The maximum absolute atomic E-state index is 13.1. The summed E-state index contributed by atoms with van der Waals surface area (Å²) < 4.78 is 23.9. The molecule has 0 fully saturated rings. The minimum Gasteiger partial charge on any atom is -0.457 e. The predicted octanol–water partition coefficient (Wildman–Crippen LogP) is 4.89. The van der Waals surface area contributed by atoms with Crippen molar-refractivity contribution < 1.29 is 28.6 Å². The molecule has 3 rings (SSSR count). The van der Waals surface area contributed by atoms with E-state index in [0.717, 1.165) is 5.56 Å². The smallest absolute Gasteiger partial charge is 0.408 e. The second kappa shape index (κ2) is 11.0. The van der Waals surface area contributed by atoms with Gasteiger partial charge in [-0.25, -0.2) is 14.2 Å². The van der Waals surface area contributed by atoms with E-state index in [-0.39, 0.29) is 11.6 Å². The first kappa shape index (κ1) is 25.6. The van der Waals surface area contributed by atoms with E-state index in [2.05, 4.69) is 15.6 Å². The van der Waals surface area contributed by atoms with Crippen molar-refractivity contribution in [3.8, 4) is 22.8 Å². The van der Waals surface area contributed by atoms with Crippen molar-refractivity contribution in [2.75, 3.05) is 5.32 Å². The van der Waals surface area contributed by atoms with Crippen molar-refractivity contribution in [2.45, 2.75) is 45.4 Å². The van der Waals surface area contributed by atoms with Gasteiger partial charge in [-0.3, -0.25) is 4.79 Å². The van der Waals surface area contributed by atoms with Crippen molar-refractivity contribution in [3.05, 3.63) is 72.5 Å². The van der Waals surface area contributed by atoms with Gasteiger partial charge in [0.1, 0.15) is 34.8 Å². The molecule has 0 aliphatic heterocycles. The van der Waals surface area contributed by atoms with E-state index in [4.69, 9.17) is 9.47 Å². The number of aliphatic hydroxyl groups is 1. The quantitative estimate of drug-likeness (QED) is 0.443. The summed E-state index contributed by atoms with van der Waals surface area (Å²) in [6.45, 7) is 6.48. The molecule has 3 N–H and O–H groups in total. The van der Waals surface area contributed by atoms with Crippen LogP contribution in [0.5, 0.6) is 11.5 Å². The number of alkyl carbamates (subject to hydrolysis) is 1. The number of aromatic nitrogens is 1. The van der Waals surface area contributed by atoms with Crippen LogP contribution in [0.3, 0.4) is 0 Å². The molecule has 8 nitrogen and oxygen atoms in total. The first-order valence-corrected chi connectivity index (χ1v) is 11.0. The van der Waals surface area contributed by atoms with Gasteiger partial charge in [0, 0.05) is 5.56 Å². The molecule has 2 aromatic carbocycles. The third kappa shape index (κ3) is 7.79. The van der Waals surface area contributed by atoms with Crippen LogP contribution in [0.25, 0.3) is 11.3 Å². The highest BCUT2D eigenvalue weighted by molar-refractivity contribution is 5.96. The highest BCUT2D eigenvalue weighted by atomic mass is 19.1. The molecule has 0 radical (unpaired) electrons. The summed E-state index contributed by atoms with van der Waals surface area (Å²) in [6.07, 6.45) is -1.98. The molecular weight excluding hydrogens is 453 g/mol. The third-order valence-corrected chi connectivity index (χ3v) is 4.64. The van der Waals surface area contributed by atoms with Gasteiger partial charge in [-0.05, 0) is 88.4 Å². The third-order valence-electron chi connectivity index (χ3n) is 4.64. The number of ether oxygens (including phenoxy) is 2. The Labute approximate surface area is 203 Å². The Morgan fingerprint density at radius 3 is 2.14 bits per heavy atom. The van der Waals surface area contributed by atoms with E-state index in [1.165, 1.54) is 31.2 Å². The summed E-state index contributed by atoms with van der Waals surface area (Å²) in [5.41, 5.74) is 0.607. The van der Waals surface area contributed by atoms with Crippen LogP contribution in [0.4, 0.5) is 15.0 Å². The van der Waals surface area contributed by atoms with E-state index in [1.807, 2.05) is 0 Å². The molecule has 9 heteroatoms. The standard InChI is InChI=1S/C26H28FN3O5/c1-16(31)23(30-25(33)35-26(2,3)4)24(32)29-22-7-5-6-21(28-22)17-8-12-19(13-9-17)34-20-14-10-18(27)11-15-20/h5-16,23,31H,1-4H3,(H,30,33)(H,28,29,32). The molecule has 2 unspecified atom stereocenters. The molecule has 3 aromatic rings. The monoisotopic (exact) mass is 481 g/mol. The molecular formula is C26H28FN3O5. The zero-order chi connectivity index (χ0) is 25.6. The van der Waals surface area contributed by atoms with E-state index in [9.17, 15) is 19.1 Å². The normalized spacial score (nSPS) is 12.9. The molecule has 2 atom stereocenters. The molecule has 0 saturated carbocycles. The fraction of sp³-hybridized carbons (Fsp3) is 0.269. The molecule has 1 heterocycles. The molecule has 184 valence electrons. The summed E-state index contributed by atoms with van der Waals surface area (Å²) >= 11 is 0. The summed E-state index contributed by atoms with van der Waals surface area (Å²) in [5.74, 6) is 0.341. The highest BCUT2D eigenvalue weighted by Gasteiger charge is 2.28. The number of pyridine rings is 1. The lowest BCUT2D eigenvalue weighted by Crippen LogP contribution is -2.51. The molecule has 35 heavy (non-hydrogen) atoms. The SMILES string of the molecule is CC(O)C(NC(=O)OC(C)(C)C)C(=O)Nc1cccc(-c2ccc(Oc3ccc(F)cc3)cc2)n1. The number of amides is 2. The number of nitrogens with zero attached hydrogens (tertiary/aromatic N) is 1. The number of benzene rings is 2. The topological polar surface area (TPSA) is 110 Å². The Morgan fingerprint density at radius 1 is 0.971 bits per heavy atom. The van der Waals surface area contributed by atoms with Gasteiger partial charge in [-0.1, -0.05) is 6.07 Å². The van der Waals surface area contributed by atoms with Crippen molar-refractivity contribution in [2.24, 2.45) is 0 Å². The second-order valence-electron chi connectivity index (χ2n) is 8.84. The fourth-order valence-corrected chi connectivity index (χ4v) is 3.04. The van der Waals surface area contributed by atoms with Crippen molar-refractivity contribution in [1.82, 2.24) is 10.3 Å². The average Bonchev–Trinajstić information content (AvgIpc) is 2.78. The van der Waals surface area contributed by atoms with Crippen molar-refractivity contribution in [3.63, 3.8) is 0 Å². The number of hydrogen-bond donors (Lipinski definition) is 3. The van der Waals surface area contributed by atoms with E-state index >= 15 is 0 Å². The maximum Gasteiger partial charge on any atom is 0.408 e. The Bertz CT molecular complexity index is 1160. The predicted molar refractivity (Wildman–Crippen MR) is 130 cm³/mol. The molecule has 0 aliphatic rings. The summed E-state index contributed by atoms with van der Waals surface area (Å²) in [5, 5.41) is 15.0. The molecule has 1 aromatic heterocycles. The first-order chi connectivity index (χ1) is 16.5. The van der Waals surface area contributed by atoms with Gasteiger partial charge in [0.2, 0.25) is 0 Å². The number of aliphatic hydroxyl groups excluding tert-OH is 1. The van der Waals surface area contributed by atoms with Gasteiger partial charge < -0.3 is 25.2 Å². The molecule has 0 aliphatic carbocycles. The number of halogens is 1. The van der Waals surface area contributed by atoms with Crippen LogP contribution in [0.1, 0.15) is 27.7 Å². The van der Waals surface area contributed by atoms with Crippen LogP contribution in [0, 0.1) is 5.82 Å². The lowest BCUT2D eigenvalue weighted by atomic mass is 10.1. The number of carbonyl (C=O) groups excluding carboxylic acids is 2. The lowest BCUT2D eigenvalue weighted by molar-refractivity contribution is -0.120. The van der Waals surface area contributed by atoms with E-state index in [0.29, 0.717) is 17.2 Å². The number of rotatable bonds is 7. The molecule has 0 saturated heterocycles. The zero-order valence-electron chi connectivity index (χ0n) is 19.9. The Kier molecular flexibility index (Phi) is 8.03. The summed E-state index contributed by atoms with van der Waals surface area (Å²) in [4.78, 5) is 29.2. The lowest BCUT2D eigenvalue weighted by Gasteiger charge is -2.24. The Hall–Kier alpha value is -3.98. The maximum atomic E-state index is 13.1. The van der Waals surface area contributed by atoms with Crippen LogP contribution in [-0.2, 0) is 9.53 Å². The number of nitrogens with one attached hydrogen (secondary N) is 2. The van der Waals surface area contributed by atoms with Gasteiger partial charge in [0.05, 0.1) is 11.8 Å². The second-order valence-corrected chi connectivity index (χ2v) is 8.84. The Balaban J connectivity index is 1.68. The van der Waals surface area contributed by atoms with Gasteiger partial charge >= 0.3 is 6.09 Å². The summed E-state index contributed by atoms with van der Waals surface area (Å²) in [6, 6.07) is 16.7. The van der Waals surface area contributed by atoms with Gasteiger partial charge in [0.25, 0.3) is 5.91 Å². The van der Waals surface area contributed by atoms with Gasteiger partial charge in [-0.15, -0.1) is 0 Å². The van der Waals surface area contributed by atoms with Crippen LogP contribution >= 0.6 is 0 Å². The molecule has 0 bridgehead atoms. The Morgan fingerprint density at radius 2 is 1.57 bits per heavy atom. The fourth-order valence-electron chi connectivity index (χ4n) is 3.04. The zero-order valence-corrected chi connectivity index (χ0v) is 19.9. The van der Waals surface area contributed by atoms with E-state index in [1.54, 1.807) is 63.2 Å². The first-order valence-electron chi connectivity index (χ1n) is 11.0. The number of anilines is 1. The van der Waals surface area contributed by atoms with Crippen molar-refractivity contribution >= 4 is 17.8 Å². The van der Waals surface area contributed by atoms with Crippen LogP contribution in [-0.4, -0.2) is 39.8 Å². The van der Waals surface area contributed by atoms with Crippen LogP contribution < -0.4 is 15.4 Å².